The number of nitrogens with one attached hydrogen (secondary N) is 1. The molecule has 0 aliphatic heterocycles. The number of phenolic OH excluding ortho intramolecular Hbond substituents is 1. The molecule has 142 valence electrons. The summed E-state index contributed by atoms with van der Waals surface area (Å²) in [6, 6.07) is 9.29. The molecule has 2 rings (SSSR count). The van der Waals surface area contributed by atoms with E-state index < -0.39 is 0 Å². The number of nitrogens with zero attached hydrogens (tertiary/aromatic N) is 1. The molecule has 4 N–H and O–H groups in total. The molecule has 0 unspecified atom stereocenters. The van der Waals surface area contributed by atoms with Crippen LogP contribution in [-0.4, -0.2) is 30.3 Å². The van der Waals surface area contributed by atoms with E-state index in [0.717, 1.165) is 49.2 Å². The second-order valence-corrected chi connectivity index (χ2v) is 6.06. The van der Waals surface area contributed by atoms with Crippen molar-refractivity contribution in [3.05, 3.63) is 53.2 Å². The van der Waals surface area contributed by atoms with Gasteiger partial charge in [0.15, 0.2) is 11.5 Å². The molecule has 0 bridgehead atoms. The molecule has 0 amide bonds. The molecule has 1 aromatic carbocycles. The number of aromatic nitrogens is 1. The fourth-order valence-corrected chi connectivity index (χ4v) is 2.63. The molecule has 6 heteroatoms. The van der Waals surface area contributed by atoms with E-state index in [-0.39, 0.29) is 18.2 Å². The Bertz CT molecular complexity index is 700. The second-order valence-electron chi connectivity index (χ2n) is 6.06. The summed E-state index contributed by atoms with van der Waals surface area (Å²) in [5.41, 5.74) is 9.00. The van der Waals surface area contributed by atoms with Gasteiger partial charge in [-0.3, -0.25) is 0 Å². The summed E-state index contributed by atoms with van der Waals surface area (Å²) < 4.78 is 5.10. The lowest BCUT2D eigenvalue weighted by Crippen LogP contribution is -2.15. The van der Waals surface area contributed by atoms with Crippen molar-refractivity contribution in [2.24, 2.45) is 0 Å². The normalized spacial score (nSPS) is 10.7. The lowest BCUT2D eigenvalue weighted by atomic mass is 10.1. The average Bonchev–Trinajstić information content (AvgIpc) is 2.57. The highest BCUT2D eigenvalue weighted by Gasteiger charge is 2.00. The van der Waals surface area contributed by atoms with Gasteiger partial charge in [0.1, 0.15) is 5.82 Å². The summed E-state index contributed by atoms with van der Waals surface area (Å²) in [5, 5.41) is 13.0. The van der Waals surface area contributed by atoms with Gasteiger partial charge in [0, 0.05) is 12.2 Å². The van der Waals surface area contributed by atoms with Gasteiger partial charge in [-0.2, -0.15) is 0 Å². The first-order chi connectivity index (χ1) is 12.1. The monoisotopic (exact) mass is 377 g/mol. The van der Waals surface area contributed by atoms with E-state index in [1.54, 1.807) is 13.2 Å². The molecular formula is C20H28ClN3O2. The maximum atomic E-state index is 9.57. The smallest absolute Gasteiger partial charge is 0.161 e. The van der Waals surface area contributed by atoms with E-state index in [1.807, 2.05) is 31.2 Å². The summed E-state index contributed by atoms with van der Waals surface area (Å²) in [6.45, 7) is 3.81. The number of rotatable bonds is 9. The standard InChI is InChI=1S/C20H27N3O2.ClH/c1-15-12-17(23-20(21)13-15)7-3-4-10-22-11-5-6-16-8-9-18(24)19(14-16)25-2;/h5-6,8-9,12-14,22,24H,3-4,7,10-11H2,1-2H3,(H2,21,23);1H. The van der Waals surface area contributed by atoms with Crippen molar-refractivity contribution < 1.29 is 9.84 Å². The van der Waals surface area contributed by atoms with Crippen molar-refractivity contribution in [2.45, 2.75) is 26.2 Å². The van der Waals surface area contributed by atoms with E-state index in [0.29, 0.717) is 11.6 Å². The Kier molecular flexibility index (Phi) is 9.55. The number of anilines is 1. The molecule has 0 saturated heterocycles. The Morgan fingerprint density at radius 2 is 2.04 bits per heavy atom. The van der Waals surface area contributed by atoms with E-state index in [1.165, 1.54) is 0 Å². The van der Waals surface area contributed by atoms with Crippen LogP contribution < -0.4 is 15.8 Å². The zero-order valence-corrected chi connectivity index (χ0v) is 16.2. The number of unbranched alkanes of at least 4 members (excludes halogenated alkanes) is 1. The maximum absolute atomic E-state index is 9.57. The molecular weight excluding hydrogens is 350 g/mol. The number of pyridine rings is 1. The Balaban J connectivity index is 0.00000338. The highest BCUT2D eigenvalue weighted by molar-refractivity contribution is 5.85. The molecule has 0 fully saturated rings. The van der Waals surface area contributed by atoms with Crippen molar-refractivity contribution in [3.63, 3.8) is 0 Å². The number of halogens is 1. The number of benzene rings is 1. The number of methoxy groups -OCH3 is 1. The number of aromatic hydroxyl groups is 1. The van der Waals surface area contributed by atoms with Crippen LogP contribution in [0.5, 0.6) is 11.5 Å². The van der Waals surface area contributed by atoms with Crippen molar-refractivity contribution in [2.75, 3.05) is 25.9 Å². The summed E-state index contributed by atoms with van der Waals surface area (Å²) >= 11 is 0. The van der Waals surface area contributed by atoms with Gasteiger partial charge in [-0.15, -0.1) is 12.4 Å². The molecule has 2 aromatic rings. The number of ether oxygens (including phenoxy) is 1. The van der Waals surface area contributed by atoms with Crippen LogP contribution in [0, 0.1) is 6.92 Å². The highest BCUT2D eigenvalue weighted by atomic mass is 35.5. The Hall–Kier alpha value is -2.24. The molecule has 0 saturated carbocycles. The SMILES string of the molecule is COc1cc(C=CCNCCCCc2cc(C)cc(N)n2)ccc1O.Cl. The van der Waals surface area contributed by atoms with Crippen LogP contribution in [0.1, 0.15) is 29.7 Å². The fourth-order valence-electron chi connectivity index (χ4n) is 2.63. The quantitative estimate of drug-likeness (QED) is 0.580. The lowest BCUT2D eigenvalue weighted by Gasteiger charge is -2.05. The number of aryl methyl sites for hydroxylation is 2. The lowest BCUT2D eigenvalue weighted by molar-refractivity contribution is 0.373. The summed E-state index contributed by atoms with van der Waals surface area (Å²) in [6.07, 6.45) is 7.21. The zero-order valence-electron chi connectivity index (χ0n) is 15.4. The third-order valence-electron chi connectivity index (χ3n) is 3.86. The topological polar surface area (TPSA) is 80.4 Å². The number of phenols is 1. The molecule has 0 spiro atoms. The minimum atomic E-state index is 0. The number of hydrogen-bond donors (Lipinski definition) is 3. The summed E-state index contributed by atoms with van der Waals surface area (Å²) in [7, 11) is 1.55. The highest BCUT2D eigenvalue weighted by Crippen LogP contribution is 2.26. The molecule has 26 heavy (non-hydrogen) atoms. The van der Waals surface area contributed by atoms with E-state index in [9.17, 15) is 5.11 Å². The Labute approximate surface area is 161 Å². The molecule has 0 atom stereocenters. The molecule has 0 aliphatic rings. The molecule has 1 aromatic heterocycles. The van der Waals surface area contributed by atoms with Crippen LogP contribution in [0.2, 0.25) is 0 Å². The molecule has 0 aliphatic carbocycles. The van der Waals surface area contributed by atoms with Gasteiger partial charge in [0.25, 0.3) is 0 Å². The number of nitrogen functional groups attached to an aromatic ring is 1. The predicted molar refractivity (Wildman–Crippen MR) is 110 cm³/mol. The van der Waals surface area contributed by atoms with Gasteiger partial charge in [-0.25, -0.2) is 4.98 Å². The van der Waals surface area contributed by atoms with E-state index in [4.69, 9.17) is 10.5 Å². The van der Waals surface area contributed by atoms with Gasteiger partial charge in [-0.05, 0) is 68.1 Å². The van der Waals surface area contributed by atoms with Gasteiger partial charge >= 0.3 is 0 Å². The van der Waals surface area contributed by atoms with E-state index >= 15 is 0 Å². The third-order valence-corrected chi connectivity index (χ3v) is 3.86. The molecule has 0 radical (unpaired) electrons. The predicted octanol–water partition coefficient (Wildman–Crippen LogP) is 3.73. The minimum Gasteiger partial charge on any atom is -0.504 e. The second kappa shape index (κ2) is 11.4. The summed E-state index contributed by atoms with van der Waals surface area (Å²) in [4.78, 5) is 4.35. The van der Waals surface area contributed by atoms with Crippen LogP contribution in [0.3, 0.4) is 0 Å². The Morgan fingerprint density at radius 3 is 2.77 bits per heavy atom. The van der Waals surface area contributed by atoms with Gasteiger partial charge in [0.2, 0.25) is 0 Å². The first-order valence-electron chi connectivity index (χ1n) is 8.56. The Morgan fingerprint density at radius 1 is 1.23 bits per heavy atom. The van der Waals surface area contributed by atoms with Gasteiger partial charge < -0.3 is 20.9 Å². The average molecular weight is 378 g/mol. The first kappa shape index (κ1) is 21.8. The van der Waals surface area contributed by atoms with E-state index in [2.05, 4.69) is 22.4 Å². The van der Waals surface area contributed by atoms with Crippen molar-refractivity contribution in [3.8, 4) is 11.5 Å². The van der Waals surface area contributed by atoms with Crippen molar-refractivity contribution in [1.29, 1.82) is 0 Å². The first-order valence-corrected chi connectivity index (χ1v) is 8.56. The largest absolute Gasteiger partial charge is 0.504 e. The fraction of sp³-hybridized carbons (Fsp3) is 0.350. The summed E-state index contributed by atoms with van der Waals surface area (Å²) in [5.74, 6) is 1.24. The van der Waals surface area contributed by atoms with Gasteiger partial charge in [0.05, 0.1) is 7.11 Å². The number of nitrogens with two attached hydrogens (primary N) is 1. The molecule has 1 heterocycles. The maximum Gasteiger partial charge on any atom is 0.161 e. The van der Waals surface area contributed by atoms with Crippen LogP contribution in [-0.2, 0) is 6.42 Å². The van der Waals surface area contributed by atoms with Crippen LogP contribution in [0.4, 0.5) is 5.82 Å². The van der Waals surface area contributed by atoms with Crippen molar-refractivity contribution in [1.82, 2.24) is 10.3 Å². The third kappa shape index (κ3) is 7.33. The number of hydrogen-bond acceptors (Lipinski definition) is 5. The molecule has 5 nitrogen and oxygen atoms in total. The zero-order chi connectivity index (χ0) is 18.1. The van der Waals surface area contributed by atoms with Crippen LogP contribution in [0.15, 0.2) is 36.4 Å². The van der Waals surface area contributed by atoms with Crippen LogP contribution in [0.25, 0.3) is 6.08 Å². The van der Waals surface area contributed by atoms with Crippen LogP contribution >= 0.6 is 12.4 Å². The van der Waals surface area contributed by atoms with Gasteiger partial charge in [-0.1, -0.05) is 18.2 Å². The van der Waals surface area contributed by atoms with Crippen molar-refractivity contribution >= 4 is 24.3 Å². The minimum absolute atomic E-state index is 0.